The Morgan fingerprint density at radius 3 is 2.47 bits per heavy atom. The van der Waals surface area contributed by atoms with Crippen molar-refractivity contribution in [3.63, 3.8) is 0 Å². The minimum absolute atomic E-state index is 0.345. The van der Waals surface area contributed by atoms with Crippen LogP contribution in [0.3, 0.4) is 0 Å². The van der Waals surface area contributed by atoms with Crippen molar-refractivity contribution in [1.29, 1.82) is 0 Å². The van der Waals surface area contributed by atoms with Gasteiger partial charge in [0.25, 0.3) is 0 Å². The third kappa shape index (κ3) is 5.31. The maximum absolute atomic E-state index is 12.0. The number of nitrogens with zero attached hydrogens (tertiary/aromatic N) is 2. The molecule has 1 atom stereocenters. The van der Waals surface area contributed by atoms with Gasteiger partial charge in [0.15, 0.2) is 0 Å². The molecule has 15 heavy (non-hydrogen) atoms. The lowest BCUT2D eigenvalue weighted by Gasteiger charge is -2.15. The Kier molecular flexibility index (Phi) is 4.02. The summed E-state index contributed by atoms with van der Waals surface area (Å²) in [7, 11) is 0. The summed E-state index contributed by atoms with van der Waals surface area (Å²) in [5, 5.41) is 2.76. The van der Waals surface area contributed by atoms with E-state index in [1.807, 2.05) is 0 Å². The summed E-state index contributed by atoms with van der Waals surface area (Å²) in [5.74, 6) is 0. The van der Waals surface area contributed by atoms with Crippen molar-refractivity contribution in [1.82, 2.24) is 15.3 Å². The second-order valence-electron chi connectivity index (χ2n) is 3.35. The summed E-state index contributed by atoms with van der Waals surface area (Å²) in [4.78, 5) is 7.53. The Balaban J connectivity index is 2.32. The van der Waals surface area contributed by atoms with Crippen LogP contribution in [0.5, 0.6) is 0 Å². The van der Waals surface area contributed by atoms with Gasteiger partial charge in [0.1, 0.15) is 6.33 Å². The topological polar surface area (TPSA) is 37.8 Å². The van der Waals surface area contributed by atoms with Gasteiger partial charge in [-0.2, -0.15) is 13.2 Å². The molecular formula is C9H12F3N3. The fraction of sp³-hybridized carbons (Fsp3) is 0.556. The van der Waals surface area contributed by atoms with Crippen molar-refractivity contribution in [2.45, 2.75) is 32.1 Å². The summed E-state index contributed by atoms with van der Waals surface area (Å²) in [6, 6.07) is -0.606. The van der Waals surface area contributed by atoms with Crippen LogP contribution in [-0.2, 0) is 6.54 Å². The van der Waals surface area contributed by atoms with Gasteiger partial charge in [-0.3, -0.25) is 0 Å². The molecule has 1 rings (SSSR count). The standard InChI is InChI=1S/C9H12F3N3/c1-7(2-9(10,11)12)15-5-8-3-13-6-14-4-8/h3-4,6-7,15H,2,5H2,1H3. The van der Waals surface area contributed by atoms with Gasteiger partial charge in [-0.1, -0.05) is 0 Å². The number of halogens is 3. The van der Waals surface area contributed by atoms with E-state index in [4.69, 9.17) is 0 Å². The molecule has 84 valence electrons. The van der Waals surface area contributed by atoms with E-state index in [1.165, 1.54) is 13.3 Å². The van der Waals surface area contributed by atoms with Crippen molar-refractivity contribution in [3.05, 3.63) is 24.3 Å². The number of alkyl halides is 3. The van der Waals surface area contributed by atoms with Gasteiger partial charge in [0.05, 0.1) is 6.42 Å². The Bertz CT molecular complexity index is 286. The van der Waals surface area contributed by atoms with Crippen molar-refractivity contribution >= 4 is 0 Å². The van der Waals surface area contributed by atoms with Crippen molar-refractivity contribution in [2.75, 3.05) is 0 Å². The number of hydrogen-bond acceptors (Lipinski definition) is 3. The van der Waals surface area contributed by atoms with Gasteiger partial charge in [0.2, 0.25) is 0 Å². The van der Waals surface area contributed by atoms with Crippen LogP contribution in [0.15, 0.2) is 18.7 Å². The van der Waals surface area contributed by atoms with E-state index in [0.717, 1.165) is 5.56 Å². The van der Waals surface area contributed by atoms with Crippen LogP contribution in [-0.4, -0.2) is 22.2 Å². The molecule has 1 aromatic heterocycles. The molecular weight excluding hydrogens is 207 g/mol. The third-order valence-corrected chi connectivity index (χ3v) is 1.81. The lowest BCUT2D eigenvalue weighted by atomic mass is 10.2. The number of aromatic nitrogens is 2. The maximum Gasteiger partial charge on any atom is 0.390 e. The summed E-state index contributed by atoms with van der Waals surface area (Å²) in [6.07, 6.45) is -0.441. The van der Waals surface area contributed by atoms with E-state index < -0.39 is 18.6 Å². The first-order chi connectivity index (χ1) is 6.97. The van der Waals surface area contributed by atoms with Crippen LogP contribution in [0.1, 0.15) is 18.9 Å². The molecule has 1 N–H and O–H groups in total. The molecule has 0 saturated carbocycles. The lowest BCUT2D eigenvalue weighted by Crippen LogP contribution is -2.30. The molecule has 3 nitrogen and oxygen atoms in total. The molecule has 0 amide bonds. The van der Waals surface area contributed by atoms with Gasteiger partial charge in [-0.25, -0.2) is 9.97 Å². The smallest absolute Gasteiger partial charge is 0.310 e. The second kappa shape index (κ2) is 5.06. The molecule has 0 aliphatic carbocycles. The highest BCUT2D eigenvalue weighted by Gasteiger charge is 2.29. The molecule has 0 fully saturated rings. The molecule has 0 saturated heterocycles. The Morgan fingerprint density at radius 2 is 1.93 bits per heavy atom. The Labute approximate surface area is 85.7 Å². The molecule has 0 aliphatic rings. The van der Waals surface area contributed by atoms with Crippen molar-refractivity contribution in [3.8, 4) is 0 Å². The van der Waals surface area contributed by atoms with Crippen LogP contribution in [0.25, 0.3) is 0 Å². The van der Waals surface area contributed by atoms with Crippen LogP contribution >= 0.6 is 0 Å². The Hall–Kier alpha value is -1.17. The quantitative estimate of drug-likeness (QED) is 0.840. The molecule has 1 heterocycles. The van der Waals surface area contributed by atoms with Crippen LogP contribution in [0, 0.1) is 0 Å². The highest BCUT2D eigenvalue weighted by Crippen LogP contribution is 2.21. The zero-order chi connectivity index (χ0) is 11.3. The first-order valence-electron chi connectivity index (χ1n) is 4.51. The summed E-state index contributed by atoms with van der Waals surface area (Å²) < 4.78 is 35.9. The summed E-state index contributed by atoms with van der Waals surface area (Å²) in [6.45, 7) is 1.84. The zero-order valence-electron chi connectivity index (χ0n) is 8.25. The minimum Gasteiger partial charge on any atom is -0.310 e. The minimum atomic E-state index is -4.13. The van der Waals surface area contributed by atoms with E-state index in [9.17, 15) is 13.2 Å². The molecule has 0 spiro atoms. The average molecular weight is 219 g/mol. The maximum atomic E-state index is 12.0. The van der Waals surface area contributed by atoms with E-state index in [2.05, 4.69) is 15.3 Å². The Morgan fingerprint density at radius 1 is 1.33 bits per heavy atom. The van der Waals surface area contributed by atoms with Gasteiger partial charge in [0, 0.05) is 30.5 Å². The lowest BCUT2D eigenvalue weighted by molar-refractivity contribution is -0.139. The van der Waals surface area contributed by atoms with E-state index in [1.54, 1.807) is 12.4 Å². The molecule has 1 unspecified atom stereocenters. The van der Waals surface area contributed by atoms with Crippen molar-refractivity contribution in [2.24, 2.45) is 0 Å². The third-order valence-electron chi connectivity index (χ3n) is 1.81. The fourth-order valence-electron chi connectivity index (χ4n) is 1.13. The molecule has 1 aromatic rings. The van der Waals surface area contributed by atoms with Gasteiger partial charge < -0.3 is 5.32 Å². The van der Waals surface area contributed by atoms with E-state index in [0.29, 0.717) is 6.54 Å². The van der Waals surface area contributed by atoms with Gasteiger partial charge >= 0.3 is 6.18 Å². The average Bonchev–Trinajstić information content (AvgIpc) is 2.14. The fourth-order valence-corrected chi connectivity index (χ4v) is 1.13. The van der Waals surface area contributed by atoms with Crippen LogP contribution in [0.2, 0.25) is 0 Å². The highest BCUT2D eigenvalue weighted by molar-refractivity contribution is 5.01. The predicted molar refractivity (Wildman–Crippen MR) is 49.0 cm³/mol. The first kappa shape index (κ1) is 11.9. The van der Waals surface area contributed by atoms with Crippen LogP contribution < -0.4 is 5.32 Å². The monoisotopic (exact) mass is 219 g/mol. The molecule has 0 radical (unpaired) electrons. The number of nitrogens with one attached hydrogen (secondary N) is 1. The predicted octanol–water partition coefficient (Wildman–Crippen LogP) is 1.91. The van der Waals surface area contributed by atoms with Gasteiger partial charge in [-0.05, 0) is 6.92 Å². The van der Waals surface area contributed by atoms with E-state index >= 15 is 0 Å². The van der Waals surface area contributed by atoms with Gasteiger partial charge in [-0.15, -0.1) is 0 Å². The normalized spacial score (nSPS) is 13.9. The number of rotatable bonds is 4. The molecule has 0 bridgehead atoms. The SMILES string of the molecule is CC(CC(F)(F)F)NCc1cncnc1. The zero-order valence-corrected chi connectivity index (χ0v) is 8.25. The summed E-state index contributed by atoms with van der Waals surface area (Å²) >= 11 is 0. The first-order valence-corrected chi connectivity index (χ1v) is 4.51. The molecule has 0 aromatic carbocycles. The molecule has 6 heteroatoms. The summed E-state index contributed by atoms with van der Waals surface area (Å²) in [5.41, 5.74) is 0.770. The molecule has 0 aliphatic heterocycles. The second-order valence-corrected chi connectivity index (χ2v) is 3.35. The highest BCUT2D eigenvalue weighted by atomic mass is 19.4. The largest absolute Gasteiger partial charge is 0.390 e. The van der Waals surface area contributed by atoms with Crippen molar-refractivity contribution < 1.29 is 13.2 Å². The number of hydrogen-bond donors (Lipinski definition) is 1. The van der Waals surface area contributed by atoms with E-state index in [-0.39, 0.29) is 0 Å². The van der Waals surface area contributed by atoms with Crippen LogP contribution in [0.4, 0.5) is 13.2 Å².